The van der Waals surface area contributed by atoms with Gasteiger partial charge in [-0.25, -0.2) is 13.2 Å². The molecule has 3 fully saturated rings. The van der Waals surface area contributed by atoms with Crippen molar-refractivity contribution in [1.29, 1.82) is 0 Å². The number of Topliss-reactive ketones (excluding diaryl/α,β-unsaturated/α-hetero) is 1. The molecule has 8 heteroatoms. The maximum absolute atomic E-state index is 15.6. The van der Waals surface area contributed by atoms with Crippen LogP contribution in [0.2, 0.25) is 0 Å². The summed E-state index contributed by atoms with van der Waals surface area (Å²) < 4.78 is 50.3. The fraction of sp³-hybridized carbons (Fsp3) is 0.741. The van der Waals surface area contributed by atoms with Gasteiger partial charge in [-0.1, -0.05) is 40.2 Å². The summed E-state index contributed by atoms with van der Waals surface area (Å²) in [5.41, 5.74) is -4.33. The van der Waals surface area contributed by atoms with E-state index in [1.165, 1.54) is 6.08 Å². The number of ketones is 2. The zero-order valence-electron chi connectivity index (χ0n) is 20.8. The van der Waals surface area contributed by atoms with Gasteiger partial charge in [-0.3, -0.25) is 14.4 Å². The molecule has 0 radical (unpaired) electrons. The number of ether oxygens (including phenoxy) is 1. The Labute approximate surface area is 204 Å². The second-order valence-corrected chi connectivity index (χ2v) is 11.4. The van der Waals surface area contributed by atoms with Crippen LogP contribution in [-0.4, -0.2) is 47.2 Å². The molecule has 4 rings (SSSR count). The average molecular weight is 497 g/mol. The third kappa shape index (κ3) is 3.49. The number of rotatable bonds is 6. The number of aliphatic hydroxyl groups is 1. The van der Waals surface area contributed by atoms with E-state index in [1.807, 2.05) is 6.92 Å². The van der Waals surface area contributed by atoms with Gasteiger partial charge in [0.2, 0.25) is 11.6 Å². The van der Waals surface area contributed by atoms with Gasteiger partial charge in [-0.05, 0) is 43.6 Å². The first kappa shape index (κ1) is 26.1. The second-order valence-electron chi connectivity index (χ2n) is 11.4. The molecule has 0 spiro atoms. The molecule has 4 aliphatic rings. The Kier molecular flexibility index (Phi) is 6.61. The Morgan fingerprint density at radius 3 is 2.57 bits per heavy atom. The van der Waals surface area contributed by atoms with E-state index in [4.69, 9.17) is 4.74 Å². The molecule has 5 nitrogen and oxygen atoms in total. The molecule has 0 aromatic heterocycles. The molecule has 4 aliphatic carbocycles. The van der Waals surface area contributed by atoms with Crippen LogP contribution in [0.15, 0.2) is 23.6 Å². The van der Waals surface area contributed by atoms with Crippen molar-refractivity contribution in [3.8, 4) is 0 Å². The Morgan fingerprint density at radius 1 is 1.26 bits per heavy atom. The number of alkyl halides is 2. The second kappa shape index (κ2) is 8.86. The Bertz CT molecular complexity index is 991. The molecule has 0 bridgehead atoms. The van der Waals surface area contributed by atoms with Crippen molar-refractivity contribution in [1.82, 2.24) is 0 Å². The smallest absolute Gasteiger partial charge is 0.306 e. The van der Waals surface area contributed by atoms with Crippen LogP contribution >= 0.6 is 0 Å². The summed E-state index contributed by atoms with van der Waals surface area (Å²) in [6.07, 6.45) is 1.41. The van der Waals surface area contributed by atoms with Crippen molar-refractivity contribution in [3.05, 3.63) is 23.6 Å². The zero-order chi connectivity index (χ0) is 25.9. The first-order valence-electron chi connectivity index (χ1n) is 12.7. The fourth-order valence-electron chi connectivity index (χ4n) is 8.27. The average Bonchev–Trinajstić information content (AvgIpc) is 3.01. The van der Waals surface area contributed by atoms with Gasteiger partial charge in [0.15, 0.2) is 18.1 Å². The largest absolute Gasteiger partial charge is 0.450 e. The molecular weight excluding hydrogens is 461 g/mol. The van der Waals surface area contributed by atoms with Crippen LogP contribution in [0, 0.1) is 34.5 Å². The van der Waals surface area contributed by atoms with E-state index in [9.17, 15) is 28.3 Å². The Morgan fingerprint density at radius 2 is 1.94 bits per heavy atom. The van der Waals surface area contributed by atoms with Crippen molar-refractivity contribution in [2.75, 3.05) is 6.67 Å². The molecule has 0 saturated heterocycles. The summed E-state index contributed by atoms with van der Waals surface area (Å²) in [4.78, 5) is 37.9. The molecule has 0 amide bonds. The number of hydrogen-bond acceptors (Lipinski definition) is 5. The fourth-order valence-corrected chi connectivity index (χ4v) is 8.27. The number of fused-ring (bicyclic) bond motifs is 5. The minimum Gasteiger partial charge on any atom is -0.450 e. The molecule has 0 unspecified atom stereocenters. The number of allylic oxidation sites excluding steroid dienone is 4. The first-order chi connectivity index (χ1) is 16.4. The van der Waals surface area contributed by atoms with Crippen LogP contribution < -0.4 is 0 Å². The summed E-state index contributed by atoms with van der Waals surface area (Å²) in [6, 6.07) is 0. The topological polar surface area (TPSA) is 80.7 Å². The highest BCUT2D eigenvalue weighted by molar-refractivity contribution is 6.04. The lowest BCUT2D eigenvalue weighted by Crippen LogP contribution is -2.64. The maximum Gasteiger partial charge on any atom is 0.306 e. The van der Waals surface area contributed by atoms with Gasteiger partial charge < -0.3 is 9.84 Å². The van der Waals surface area contributed by atoms with Crippen molar-refractivity contribution < 1.29 is 37.4 Å². The van der Waals surface area contributed by atoms with Crippen molar-refractivity contribution in [2.45, 2.75) is 84.1 Å². The van der Waals surface area contributed by atoms with Crippen molar-refractivity contribution >= 4 is 17.5 Å². The molecule has 3 saturated carbocycles. The predicted octanol–water partition coefficient (Wildman–Crippen LogP) is 4.77. The van der Waals surface area contributed by atoms with Gasteiger partial charge in [0.1, 0.15) is 6.17 Å². The Balaban J connectivity index is 1.80. The standard InChI is InChI=1S/C27H35F3O5/c1-5-6-7-21(34)35-27(20(33)13-28)14(2)10-16-15-11-17(29)23-24(30)18(31)8-9-25(23,3)22(15)19(32)12-26(16,27)4/h8-9,14-17,19,22,32H,5-7,10-13H2,1-4H3/t14-,15+,16+,17+,19+,22-,25-,26+,27+/m1/s1. The summed E-state index contributed by atoms with van der Waals surface area (Å²) in [7, 11) is 0. The lowest BCUT2D eigenvalue weighted by molar-refractivity contribution is -0.205. The van der Waals surface area contributed by atoms with E-state index >= 15 is 4.39 Å². The number of unbranched alkanes of at least 4 members (excludes halogenated alkanes) is 1. The first-order valence-corrected chi connectivity index (χ1v) is 12.7. The number of aliphatic hydroxyl groups excluding tert-OH is 1. The lowest BCUT2D eigenvalue weighted by atomic mass is 9.45. The SMILES string of the molecule is CCCCC(=O)O[C@]1(C(=O)CF)[C@H](C)C[C@H]2[C@@H]3C[C@H](F)C4=C(F)C(=O)C=C[C@]4(C)[C@H]3[C@@H](O)C[C@@]21C. The van der Waals surface area contributed by atoms with E-state index in [1.54, 1.807) is 20.8 Å². The van der Waals surface area contributed by atoms with Crippen molar-refractivity contribution in [3.63, 3.8) is 0 Å². The molecule has 35 heavy (non-hydrogen) atoms. The van der Waals surface area contributed by atoms with E-state index in [-0.39, 0.29) is 30.8 Å². The van der Waals surface area contributed by atoms with Crippen LogP contribution in [0.3, 0.4) is 0 Å². The third-order valence-corrected chi connectivity index (χ3v) is 9.64. The highest BCUT2D eigenvalue weighted by Gasteiger charge is 2.73. The van der Waals surface area contributed by atoms with Crippen LogP contribution in [0.4, 0.5) is 13.2 Å². The molecular formula is C27H35F3O5. The monoisotopic (exact) mass is 496 g/mol. The van der Waals surface area contributed by atoms with E-state index in [0.717, 1.165) is 12.5 Å². The number of carbonyl (C=O) groups is 3. The lowest BCUT2D eigenvalue weighted by Gasteiger charge is -2.60. The zero-order valence-corrected chi connectivity index (χ0v) is 20.8. The van der Waals surface area contributed by atoms with Gasteiger partial charge in [0.25, 0.3) is 0 Å². The van der Waals surface area contributed by atoms with Crippen LogP contribution in [0.25, 0.3) is 0 Å². The van der Waals surface area contributed by atoms with E-state index in [2.05, 4.69) is 0 Å². The summed E-state index contributed by atoms with van der Waals surface area (Å²) in [5, 5.41) is 11.5. The summed E-state index contributed by atoms with van der Waals surface area (Å²) >= 11 is 0. The van der Waals surface area contributed by atoms with Gasteiger partial charge in [0.05, 0.1) is 6.10 Å². The third-order valence-electron chi connectivity index (χ3n) is 9.64. The van der Waals surface area contributed by atoms with E-state index in [0.29, 0.717) is 12.8 Å². The quantitative estimate of drug-likeness (QED) is 0.536. The summed E-state index contributed by atoms with van der Waals surface area (Å²) in [5.74, 6) is -5.39. The van der Waals surface area contributed by atoms with Crippen LogP contribution in [0.1, 0.15) is 66.2 Å². The number of esters is 1. The molecule has 1 N–H and O–H groups in total. The highest BCUT2D eigenvalue weighted by atomic mass is 19.1. The molecule has 9 atom stereocenters. The number of carbonyl (C=O) groups excluding carboxylic acids is 3. The normalized spacial score (nSPS) is 44.5. The predicted molar refractivity (Wildman–Crippen MR) is 122 cm³/mol. The maximum atomic E-state index is 15.6. The van der Waals surface area contributed by atoms with E-state index < -0.39 is 76.5 Å². The molecule has 0 aromatic rings. The minimum absolute atomic E-state index is 0.0131. The van der Waals surface area contributed by atoms with Crippen LogP contribution in [-0.2, 0) is 19.1 Å². The van der Waals surface area contributed by atoms with Gasteiger partial charge in [-0.15, -0.1) is 0 Å². The molecule has 0 aliphatic heterocycles. The molecule has 0 aromatic carbocycles. The highest BCUT2D eigenvalue weighted by Crippen LogP contribution is 2.69. The number of halogens is 3. The summed E-state index contributed by atoms with van der Waals surface area (Å²) in [6.45, 7) is 5.72. The minimum atomic E-state index is -1.77. The Hall–Kier alpha value is -1.96. The number of hydrogen-bond donors (Lipinski definition) is 1. The van der Waals surface area contributed by atoms with Crippen molar-refractivity contribution in [2.24, 2.45) is 34.5 Å². The van der Waals surface area contributed by atoms with Gasteiger partial charge in [0, 0.05) is 34.7 Å². The van der Waals surface area contributed by atoms with Gasteiger partial charge in [-0.2, -0.15) is 0 Å². The van der Waals surface area contributed by atoms with Crippen LogP contribution in [0.5, 0.6) is 0 Å². The molecule has 194 valence electrons. The molecule has 0 heterocycles. The van der Waals surface area contributed by atoms with Gasteiger partial charge >= 0.3 is 5.97 Å².